The Morgan fingerprint density at radius 2 is 2.17 bits per heavy atom. The first-order chi connectivity index (χ1) is 8.40. The van der Waals surface area contributed by atoms with E-state index in [0.29, 0.717) is 16.6 Å². The number of urea groups is 1. The highest BCUT2D eigenvalue weighted by Crippen LogP contribution is 2.14. The molecule has 3 N–H and O–H groups in total. The second kappa shape index (κ2) is 6.11. The third-order valence-electron chi connectivity index (χ3n) is 2.06. The first kappa shape index (κ1) is 14.1. The molecule has 0 radical (unpaired) electrons. The Kier molecular flexibility index (Phi) is 4.79. The molecule has 0 aliphatic carbocycles. The number of carbonyl (C=O) groups is 2. The molecule has 7 heteroatoms. The number of aromatic carboxylic acids is 1. The number of furan rings is 1. The fraction of sp³-hybridized carbons (Fsp3) is 0.273. The Morgan fingerprint density at radius 1 is 1.50 bits per heavy atom. The topological polar surface area (TPSA) is 91.6 Å². The molecule has 1 heterocycles. The molecule has 6 nitrogen and oxygen atoms in total. The maximum absolute atomic E-state index is 11.3. The van der Waals surface area contributed by atoms with E-state index in [2.05, 4.69) is 17.2 Å². The SMILES string of the molecule is C=C(Cl)CNC(=O)NCc1cc(C(=O)O)c(C)o1. The van der Waals surface area contributed by atoms with Gasteiger partial charge in [0.25, 0.3) is 0 Å². The highest BCUT2D eigenvalue weighted by molar-refractivity contribution is 6.29. The molecule has 2 amide bonds. The van der Waals surface area contributed by atoms with Crippen LogP contribution in [0.2, 0.25) is 0 Å². The van der Waals surface area contributed by atoms with Crippen molar-refractivity contribution in [2.75, 3.05) is 6.54 Å². The van der Waals surface area contributed by atoms with Crippen molar-refractivity contribution >= 4 is 23.6 Å². The lowest BCUT2D eigenvalue weighted by molar-refractivity contribution is 0.0695. The molecule has 0 spiro atoms. The lowest BCUT2D eigenvalue weighted by Crippen LogP contribution is -2.35. The average molecular weight is 273 g/mol. The Hall–Kier alpha value is -1.95. The summed E-state index contributed by atoms with van der Waals surface area (Å²) in [6, 6.07) is 0.932. The van der Waals surface area contributed by atoms with E-state index < -0.39 is 12.0 Å². The lowest BCUT2D eigenvalue weighted by Gasteiger charge is -2.04. The zero-order valence-corrected chi connectivity index (χ0v) is 10.5. The summed E-state index contributed by atoms with van der Waals surface area (Å²) < 4.78 is 5.18. The molecule has 1 rings (SSSR count). The molecule has 1 aromatic heterocycles. The highest BCUT2D eigenvalue weighted by Gasteiger charge is 2.13. The van der Waals surface area contributed by atoms with Crippen molar-refractivity contribution in [1.82, 2.24) is 10.6 Å². The smallest absolute Gasteiger partial charge is 0.339 e. The third-order valence-corrected chi connectivity index (χ3v) is 2.20. The number of hydrogen-bond acceptors (Lipinski definition) is 3. The van der Waals surface area contributed by atoms with Gasteiger partial charge in [-0.15, -0.1) is 0 Å². The number of aryl methyl sites for hydroxylation is 1. The minimum absolute atomic E-state index is 0.0846. The summed E-state index contributed by atoms with van der Waals surface area (Å²) in [6.07, 6.45) is 0. The number of hydrogen-bond donors (Lipinski definition) is 3. The van der Waals surface area contributed by atoms with Crippen molar-refractivity contribution in [2.45, 2.75) is 13.5 Å². The molecular weight excluding hydrogens is 260 g/mol. The summed E-state index contributed by atoms with van der Waals surface area (Å²) in [4.78, 5) is 22.0. The van der Waals surface area contributed by atoms with E-state index in [0.717, 1.165) is 0 Å². The Morgan fingerprint density at radius 3 is 2.67 bits per heavy atom. The van der Waals surface area contributed by atoms with E-state index in [1.807, 2.05) is 0 Å². The fourth-order valence-corrected chi connectivity index (χ4v) is 1.32. The number of nitrogens with one attached hydrogen (secondary N) is 2. The van der Waals surface area contributed by atoms with Gasteiger partial charge in [0.1, 0.15) is 17.1 Å². The van der Waals surface area contributed by atoms with Crippen LogP contribution in [-0.4, -0.2) is 23.7 Å². The van der Waals surface area contributed by atoms with Crippen LogP contribution in [0.1, 0.15) is 21.9 Å². The Bertz CT molecular complexity index is 481. The van der Waals surface area contributed by atoms with Gasteiger partial charge in [0.05, 0.1) is 13.1 Å². The largest absolute Gasteiger partial charge is 0.478 e. The standard InChI is InChI=1S/C11H13ClN2O4/c1-6(12)4-13-11(17)14-5-8-3-9(10(15)16)7(2)18-8/h3H,1,4-5H2,2H3,(H,15,16)(H2,13,14,17). The van der Waals surface area contributed by atoms with Crippen LogP contribution in [0.5, 0.6) is 0 Å². The number of rotatable bonds is 5. The third kappa shape index (κ3) is 4.14. The molecule has 0 aliphatic heterocycles. The molecule has 98 valence electrons. The zero-order valence-electron chi connectivity index (χ0n) is 9.75. The lowest BCUT2D eigenvalue weighted by atomic mass is 10.2. The van der Waals surface area contributed by atoms with Gasteiger partial charge in [-0.05, 0) is 13.0 Å². The van der Waals surface area contributed by atoms with Crippen LogP contribution in [0.3, 0.4) is 0 Å². The first-order valence-corrected chi connectivity index (χ1v) is 5.45. The van der Waals surface area contributed by atoms with Crippen molar-refractivity contribution in [3.8, 4) is 0 Å². The molecule has 0 aliphatic rings. The van der Waals surface area contributed by atoms with Gasteiger partial charge >= 0.3 is 12.0 Å². The van der Waals surface area contributed by atoms with Crippen molar-refractivity contribution in [3.63, 3.8) is 0 Å². The van der Waals surface area contributed by atoms with Gasteiger partial charge in [0.15, 0.2) is 0 Å². The molecule has 18 heavy (non-hydrogen) atoms. The summed E-state index contributed by atoms with van der Waals surface area (Å²) in [6.45, 7) is 5.21. The summed E-state index contributed by atoms with van der Waals surface area (Å²) in [7, 11) is 0. The predicted molar refractivity (Wildman–Crippen MR) is 65.6 cm³/mol. The number of carbonyl (C=O) groups excluding carboxylic acids is 1. The van der Waals surface area contributed by atoms with E-state index in [1.54, 1.807) is 6.92 Å². The van der Waals surface area contributed by atoms with E-state index >= 15 is 0 Å². The predicted octanol–water partition coefficient (Wildman–Crippen LogP) is 1.84. The molecule has 0 atom stereocenters. The number of carboxylic acid groups (broad SMARTS) is 1. The summed E-state index contributed by atoms with van der Waals surface area (Å²) in [5, 5.41) is 14.1. The molecule has 0 unspecified atom stereocenters. The number of halogens is 1. The fourth-order valence-electron chi connectivity index (χ4n) is 1.25. The molecule has 0 saturated carbocycles. The van der Waals surface area contributed by atoms with Crippen molar-refractivity contribution in [3.05, 3.63) is 34.8 Å². The van der Waals surface area contributed by atoms with Crippen LogP contribution < -0.4 is 10.6 Å². The Balaban J connectivity index is 2.48. The van der Waals surface area contributed by atoms with Crippen molar-refractivity contribution < 1.29 is 19.1 Å². The van der Waals surface area contributed by atoms with Gasteiger partial charge in [0, 0.05) is 5.03 Å². The van der Waals surface area contributed by atoms with Crippen LogP contribution >= 0.6 is 11.6 Å². The number of amides is 2. The van der Waals surface area contributed by atoms with Crippen molar-refractivity contribution in [1.29, 1.82) is 0 Å². The van der Waals surface area contributed by atoms with Gasteiger partial charge < -0.3 is 20.2 Å². The van der Waals surface area contributed by atoms with Crippen LogP contribution in [0, 0.1) is 6.92 Å². The van der Waals surface area contributed by atoms with E-state index in [1.165, 1.54) is 6.07 Å². The molecule has 0 aromatic carbocycles. The minimum atomic E-state index is -1.06. The van der Waals surface area contributed by atoms with Gasteiger partial charge in [-0.1, -0.05) is 18.2 Å². The summed E-state index contributed by atoms with van der Waals surface area (Å²) in [5.74, 6) is -0.399. The van der Waals surface area contributed by atoms with Gasteiger partial charge in [-0.3, -0.25) is 0 Å². The monoisotopic (exact) mass is 272 g/mol. The minimum Gasteiger partial charge on any atom is -0.478 e. The normalized spacial score (nSPS) is 9.89. The first-order valence-electron chi connectivity index (χ1n) is 5.07. The van der Waals surface area contributed by atoms with Gasteiger partial charge in [-0.25, -0.2) is 9.59 Å². The summed E-state index contributed by atoms with van der Waals surface area (Å²) >= 11 is 5.48. The quantitative estimate of drug-likeness (QED) is 0.763. The molecule has 0 fully saturated rings. The molecule has 0 saturated heterocycles. The molecule has 0 bridgehead atoms. The van der Waals surface area contributed by atoms with Crippen LogP contribution in [0.25, 0.3) is 0 Å². The van der Waals surface area contributed by atoms with Crippen LogP contribution in [0.15, 0.2) is 22.1 Å². The maximum atomic E-state index is 11.3. The number of carboxylic acids is 1. The van der Waals surface area contributed by atoms with Crippen LogP contribution in [-0.2, 0) is 6.54 Å². The molecular formula is C11H13ClN2O4. The van der Waals surface area contributed by atoms with Crippen molar-refractivity contribution in [2.24, 2.45) is 0 Å². The van der Waals surface area contributed by atoms with Crippen LogP contribution in [0.4, 0.5) is 4.79 Å². The average Bonchev–Trinajstić information content (AvgIpc) is 2.65. The molecule has 1 aromatic rings. The van der Waals surface area contributed by atoms with Gasteiger partial charge in [-0.2, -0.15) is 0 Å². The van der Waals surface area contributed by atoms with E-state index in [-0.39, 0.29) is 18.7 Å². The Labute approximate surface area is 109 Å². The van der Waals surface area contributed by atoms with E-state index in [4.69, 9.17) is 21.1 Å². The van der Waals surface area contributed by atoms with E-state index in [9.17, 15) is 9.59 Å². The van der Waals surface area contributed by atoms with Gasteiger partial charge in [0.2, 0.25) is 0 Å². The maximum Gasteiger partial charge on any atom is 0.339 e. The zero-order chi connectivity index (χ0) is 13.7. The summed E-state index contributed by atoms with van der Waals surface area (Å²) in [5.41, 5.74) is 0.0846. The second-order valence-corrected chi connectivity index (χ2v) is 4.08. The highest BCUT2D eigenvalue weighted by atomic mass is 35.5. The second-order valence-electron chi connectivity index (χ2n) is 3.54.